The molecule has 1 aliphatic heterocycles. The standard InChI is InChI=1S/C12H15O2/c1-9-11(14-12(2,3)13-9)10-7-5-4-6-8-10/h4-9,11H,1H2,2-3H3/t9-,11+/m0/s1. The molecule has 0 bridgehead atoms. The van der Waals surface area contributed by atoms with Gasteiger partial charge in [0.05, 0.1) is 6.10 Å². The summed E-state index contributed by atoms with van der Waals surface area (Å²) in [5.41, 5.74) is 1.12. The topological polar surface area (TPSA) is 18.5 Å². The predicted octanol–water partition coefficient (Wildman–Crippen LogP) is 2.71. The zero-order chi connectivity index (χ0) is 10.2. The molecular weight excluding hydrogens is 176 g/mol. The van der Waals surface area contributed by atoms with E-state index < -0.39 is 5.79 Å². The quantitative estimate of drug-likeness (QED) is 0.679. The minimum atomic E-state index is -0.521. The highest BCUT2D eigenvalue weighted by atomic mass is 16.7. The van der Waals surface area contributed by atoms with Gasteiger partial charge in [0, 0.05) is 0 Å². The van der Waals surface area contributed by atoms with E-state index in [1.54, 1.807) is 0 Å². The van der Waals surface area contributed by atoms with Crippen LogP contribution in [0.4, 0.5) is 0 Å². The summed E-state index contributed by atoms with van der Waals surface area (Å²) in [7, 11) is 0. The van der Waals surface area contributed by atoms with E-state index in [9.17, 15) is 0 Å². The second-order valence-corrected chi connectivity index (χ2v) is 4.01. The van der Waals surface area contributed by atoms with Crippen molar-refractivity contribution in [2.45, 2.75) is 31.8 Å². The van der Waals surface area contributed by atoms with Crippen molar-refractivity contribution in [1.29, 1.82) is 0 Å². The van der Waals surface area contributed by atoms with Gasteiger partial charge < -0.3 is 9.47 Å². The zero-order valence-corrected chi connectivity index (χ0v) is 8.57. The normalized spacial score (nSPS) is 30.5. The highest BCUT2D eigenvalue weighted by Gasteiger charge is 2.39. The van der Waals surface area contributed by atoms with Crippen molar-refractivity contribution in [3.63, 3.8) is 0 Å². The smallest absolute Gasteiger partial charge is 0.164 e. The van der Waals surface area contributed by atoms with Gasteiger partial charge in [-0.05, 0) is 26.3 Å². The average Bonchev–Trinajstić information content (AvgIpc) is 2.41. The van der Waals surface area contributed by atoms with Crippen LogP contribution in [0.25, 0.3) is 0 Å². The van der Waals surface area contributed by atoms with Crippen molar-refractivity contribution >= 4 is 0 Å². The highest BCUT2D eigenvalue weighted by Crippen LogP contribution is 2.37. The maximum Gasteiger partial charge on any atom is 0.164 e. The molecule has 1 fully saturated rings. The molecule has 75 valence electrons. The van der Waals surface area contributed by atoms with E-state index in [-0.39, 0.29) is 12.2 Å². The van der Waals surface area contributed by atoms with E-state index in [1.165, 1.54) is 0 Å². The van der Waals surface area contributed by atoms with Crippen molar-refractivity contribution in [1.82, 2.24) is 0 Å². The van der Waals surface area contributed by atoms with Crippen LogP contribution in [-0.4, -0.2) is 11.9 Å². The minimum absolute atomic E-state index is 0.0498. The number of ether oxygens (including phenoxy) is 2. The molecule has 14 heavy (non-hydrogen) atoms. The summed E-state index contributed by atoms with van der Waals surface area (Å²) >= 11 is 0. The fourth-order valence-corrected chi connectivity index (χ4v) is 1.76. The minimum Gasteiger partial charge on any atom is -0.344 e. The van der Waals surface area contributed by atoms with Crippen molar-refractivity contribution < 1.29 is 9.47 Å². The third-order valence-electron chi connectivity index (χ3n) is 2.31. The lowest BCUT2D eigenvalue weighted by atomic mass is 10.1. The number of rotatable bonds is 1. The summed E-state index contributed by atoms with van der Waals surface area (Å²) in [6, 6.07) is 10.1. The van der Waals surface area contributed by atoms with Crippen LogP contribution in [0.1, 0.15) is 25.5 Å². The van der Waals surface area contributed by atoms with Crippen molar-refractivity contribution in [2.75, 3.05) is 0 Å². The fraction of sp³-hybridized carbons (Fsp3) is 0.417. The number of benzene rings is 1. The lowest BCUT2D eigenvalue weighted by Gasteiger charge is -2.16. The zero-order valence-electron chi connectivity index (χ0n) is 8.57. The monoisotopic (exact) mass is 191 g/mol. The molecule has 1 heterocycles. The Balaban J connectivity index is 2.21. The number of hydrogen-bond donors (Lipinski definition) is 0. The largest absolute Gasteiger partial charge is 0.344 e. The Morgan fingerprint density at radius 3 is 2.29 bits per heavy atom. The maximum absolute atomic E-state index is 5.76. The summed E-state index contributed by atoms with van der Waals surface area (Å²) in [5.74, 6) is -0.521. The molecular formula is C12H15O2. The molecule has 0 amide bonds. The summed E-state index contributed by atoms with van der Waals surface area (Å²) < 4.78 is 11.3. The molecule has 0 aliphatic carbocycles. The Hall–Kier alpha value is -0.860. The molecule has 0 saturated carbocycles. The van der Waals surface area contributed by atoms with Crippen LogP contribution < -0.4 is 0 Å². The van der Waals surface area contributed by atoms with E-state index >= 15 is 0 Å². The second kappa shape index (κ2) is 3.37. The molecule has 2 rings (SSSR count). The first-order valence-electron chi connectivity index (χ1n) is 4.82. The Kier molecular flexibility index (Phi) is 2.33. The second-order valence-electron chi connectivity index (χ2n) is 4.01. The van der Waals surface area contributed by atoms with Gasteiger partial charge >= 0.3 is 0 Å². The summed E-state index contributed by atoms with van der Waals surface area (Å²) in [5, 5.41) is 0. The van der Waals surface area contributed by atoms with Crippen LogP contribution in [0.15, 0.2) is 30.3 Å². The van der Waals surface area contributed by atoms with Crippen molar-refractivity contribution in [3.8, 4) is 0 Å². The van der Waals surface area contributed by atoms with Gasteiger partial charge in [-0.1, -0.05) is 30.3 Å². The third kappa shape index (κ3) is 1.81. The molecule has 1 saturated heterocycles. The lowest BCUT2D eigenvalue weighted by molar-refractivity contribution is -0.143. The van der Waals surface area contributed by atoms with E-state index in [0.717, 1.165) is 5.56 Å². The van der Waals surface area contributed by atoms with Crippen molar-refractivity contribution in [3.05, 3.63) is 42.8 Å². The molecule has 2 heteroatoms. The van der Waals surface area contributed by atoms with E-state index in [4.69, 9.17) is 9.47 Å². The Bertz CT molecular complexity index is 305. The lowest BCUT2D eigenvalue weighted by Crippen LogP contribution is -2.20. The third-order valence-corrected chi connectivity index (χ3v) is 2.31. The van der Waals surface area contributed by atoms with Gasteiger partial charge in [-0.25, -0.2) is 0 Å². The Labute approximate surface area is 84.8 Å². The Morgan fingerprint density at radius 2 is 1.79 bits per heavy atom. The SMILES string of the molecule is [CH2][C@@H]1OC(C)(C)O[C@H]1c1ccccc1. The molecule has 0 spiro atoms. The molecule has 1 aromatic carbocycles. The van der Waals surface area contributed by atoms with Gasteiger partial charge in [0.2, 0.25) is 0 Å². The molecule has 1 aromatic rings. The van der Waals surface area contributed by atoms with Gasteiger partial charge in [-0.2, -0.15) is 0 Å². The van der Waals surface area contributed by atoms with Gasteiger partial charge in [0.1, 0.15) is 6.10 Å². The first-order chi connectivity index (χ1) is 6.58. The van der Waals surface area contributed by atoms with Crippen LogP contribution in [0, 0.1) is 6.92 Å². The molecule has 2 nitrogen and oxygen atoms in total. The molecule has 1 radical (unpaired) electrons. The van der Waals surface area contributed by atoms with E-state index in [0.29, 0.717) is 0 Å². The molecule has 0 N–H and O–H groups in total. The van der Waals surface area contributed by atoms with Crippen LogP contribution in [0.2, 0.25) is 0 Å². The van der Waals surface area contributed by atoms with Gasteiger partial charge in [-0.15, -0.1) is 0 Å². The van der Waals surface area contributed by atoms with Gasteiger partial charge in [0.25, 0.3) is 0 Å². The summed E-state index contributed by atoms with van der Waals surface area (Å²) in [6.45, 7) is 7.77. The molecule has 0 aromatic heterocycles. The average molecular weight is 191 g/mol. The first-order valence-corrected chi connectivity index (χ1v) is 4.82. The van der Waals surface area contributed by atoms with Crippen LogP contribution in [0.5, 0.6) is 0 Å². The van der Waals surface area contributed by atoms with Crippen molar-refractivity contribution in [2.24, 2.45) is 0 Å². The number of hydrogen-bond acceptors (Lipinski definition) is 2. The molecule has 2 atom stereocenters. The maximum atomic E-state index is 5.76. The summed E-state index contributed by atoms with van der Waals surface area (Å²) in [6.07, 6.45) is -0.182. The Morgan fingerprint density at radius 1 is 1.14 bits per heavy atom. The van der Waals surface area contributed by atoms with E-state index in [1.807, 2.05) is 44.2 Å². The first kappa shape index (κ1) is 9.69. The highest BCUT2D eigenvalue weighted by molar-refractivity contribution is 5.20. The molecule has 1 aliphatic rings. The fourth-order valence-electron chi connectivity index (χ4n) is 1.76. The van der Waals surface area contributed by atoms with Crippen LogP contribution >= 0.6 is 0 Å². The van der Waals surface area contributed by atoms with E-state index in [2.05, 4.69) is 6.92 Å². The van der Waals surface area contributed by atoms with Gasteiger partial charge in [0.15, 0.2) is 5.79 Å². The predicted molar refractivity (Wildman–Crippen MR) is 54.6 cm³/mol. The van der Waals surface area contributed by atoms with Gasteiger partial charge in [-0.3, -0.25) is 0 Å². The van der Waals surface area contributed by atoms with Crippen LogP contribution in [-0.2, 0) is 9.47 Å². The van der Waals surface area contributed by atoms with Crippen LogP contribution in [0.3, 0.4) is 0 Å². The summed E-state index contributed by atoms with van der Waals surface area (Å²) in [4.78, 5) is 0. The molecule has 0 unspecified atom stereocenters.